The molecule has 1 amide bonds. The van der Waals surface area contributed by atoms with E-state index >= 15 is 0 Å². The Morgan fingerprint density at radius 1 is 1.22 bits per heavy atom. The predicted octanol–water partition coefficient (Wildman–Crippen LogP) is 2.10. The molecule has 0 bridgehead atoms. The van der Waals surface area contributed by atoms with Gasteiger partial charge in [0.15, 0.2) is 12.4 Å². The molecule has 0 radical (unpaired) electrons. The van der Waals surface area contributed by atoms with Gasteiger partial charge in [-0.25, -0.2) is 12.8 Å². The molecule has 0 saturated heterocycles. The molecule has 2 aromatic carbocycles. The summed E-state index contributed by atoms with van der Waals surface area (Å²) in [4.78, 5) is 11.3. The average molecular weight is 336 g/mol. The van der Waals surface area contributed by atoms with Crippen LogP contribution in [0.25, 0.3) is 0 Å². The Morgan fingerprint density at radius 2 is 1.96 bits per heavy atom. The summed E-state index contributed by atoms with van der Waals surface area (Å²) in [6.07, 6.45) is 0. The van der Waals surface area contributed by atoms with Gasteiger partial charge in [0, 0.05) is 12.1 Å². The van der Waals surface area contributed by atoms with E-state index in [0.29, 0.717) is 5.56 Å². The number of rotatable bonds is 4. The smallest absolute Gasteiger partial charge is 0.262 e. The topological polar surface area (TPSA) is 84.5 Å². The first-order valence-electron chi connectivity index (χ1n) is 6.73. The molecule has 120 valence electrons. The fourth-order valence-corrected chi connectivity index (χ4v) is 3.43. The van der Waals surface area contributed by atoms with Crippen LogP contribution in [-0.4, -0.2) is 20.9 Å². The second-order valence-electron chi connectivity index (χ2n) is 5.01. The lowest BCUT2D eigenvalue weighted by atomic mass is 10.2. The van der Waals surface area contributed by atoms with Gasteiger partial charge in [-0.1, -0.05) is 30.3 Å². The minimum Gasteiger partial charge on any atom is -0.479 e. The monoisotopic (exact) mass is 336 g/mol. The number of sulfonamides is 1. The minimum atomic E-state index is -3.76. The van der Waals surface area contributed by atoms with Crippen LogP contribution in [0.15, 0.2) is 42.5 Å². The SMILES string of the molecule is O=C1COc2c(cc(F)cc2NS(=O)(=O)Cc2ccccc2)N1. The van der Waals surface area contributed by atoms with E-state index in [1.807, 2.05) is 0 Å². The van der Waals surface area contributed by atoms with Gasteiger partial charge in [0.1, 0.15) is 5.82 Å². The molecule has 1 aliphatic rings. The molecule has 2 aromatic rings. The van der Waals surface area contributed by atoms with E-state index < -0.39 is 21.7 Å². The average Bonchev–Trinajstić information content (AvgIpc) is 2.46. The highest BCUT2D eigenvalue weighted by molar-refractivity contribution is 7.91. The molecule has 0 fully saturated rings. The lowest BCUT2D eigenvalue weighted by molar-refractivity contribution is -0.118. The zero-order chi connectivity index (χ0) is 16.4. The Bertz CT molecular complexity index is 853. The highest BCUT2D eigenvalue weighted by Gasteiger charge is 2.23. The van der Waals surface area contributed by atoms with Gasteiger partial charge in [-0.3, -0.25) is 9.52 Å². The van der Waals surface area contributed by atoms with Crippen LogP contribution < -0.4 is 14.8 Å². The van der Waals surface area contributed by atoms with Gasteiger partial charge in [0.25, 0.3) is 5.91 Å². The fourth-order valence-electron chi connectivity index (χ4n) is 2.24. The van der Waals surface area contributed by atoms with Crippen LogP contribution >= 0.6 is 0 Å². The van der Waals surface area contributed by atoms with Crippen LogP contribution in [0.3, 0.4) is 0 Å². The summed E-state index contributed by atoms with van der Waals surface area (Å²) in [6.45, 7) is -0.258. The second kappa shape index (κ2) is 5.88. The summed E-state index contributed by atoms with van der Waals surface area (Å²) in [5.74, 6) is -1.28. The quantitative estimate of drug-likeness (QED) is 0.895. The number of ether oxygens (including phenoxy) is 1. The maximum absolute atomic E-state index is 13.6. The van der Waals surface area contributed by atoms with Crippen LogP contribution in [-0.2, 0) is 20.6 Å². The lowest BCUT2D eigenvalue weighted by Crippen LogP contribution is -2.26. The van der Waals surface area contributed by atoms with Crippen molar-refractivity contribution >= 4 is 27.3 Å². The molecular formula is C15H13FN2O4S. The number of halogens is 1. The second-order valence-corrected chi connectivity index (χ2v) is 6.74. The zero-order valence-electron chi connectivity index (χ0n) is 11.9. The van der Waals surface area contributed by atoms with Crippen molar-refractivity contribution in [2.45, 2.75) is 5.75 Å². The van der Waals surface area contributed by atoms with E-state index in [-0.39, 0.29) is 29.5 Å². The van der Waals surface area contributed by atoms with Gasteiger partial charge < -0.3 is 10.1 Å². The van der Waals surface area contributed by atoms with Crippen LogP contribution in [0.4, 0.5) is 15.8 Å². The maximum atomic E-state index is 13.6. The minimum absolute atomic E-state index is 0.0454. The highest BCUT2D eigenvalue weighted by atomic mass is 32.2. The summed E-state index contributed by atoms with van der Waals surface area (Å²) >= 11 is 0. The Kier molecular flexibility index (Phi) is 3.91. The standard InChI is InChI=1S/C15H13FN2O4S/c16-11-6-12-15(22-8-14(19)17-12)13(7-11)18-23(20,21)9-10-4-2-1-3-5-10/h1-7,18H,8-9H2,(H,17,19). The fraction of sp³-hybridized carbons (Fsp3) is 0.133. The number of hydrogen-bond acceptors (Lipinski definition) is 4. The molecule has 0 atom stereocenters. The molecule has 0 spiro atoms. The van der Waals surface area contributed by atoms with Crippen LogP contribution in [0.2, 0.25) is 0 Å². The first-order chi connectivity index (χ1) is 10.9. The largest absolute Gasteiger partial charge is 0.479 e. The van der Waals surface area contributed by atoms with Crippen molar-refractivity contribution in [3.05, 3.63) is 53.8 Å². The summed E-state index contributed by atoms with van der Waals surface area (Å²) in [7, 11) is -3.76. The molecule has 1 heterocycles. The van der Waals surface area contributed by atoms with Crippen molar-refractivity contribution in [1.29, 1.82) is 0 Å². The molecule has 3 rings (SSSR count). The predicted molar refractivity (Wildman–Crippen MR) is 83.2 cm³/mol. The molecular weight excluding hydrogens is 323 g/mol. The third-order valence-electron chi connectivity index (χ3n) is 3.14. The number of nitrogens with one attached hydrogen (secondary N) is 2. The van der Waals surface area contributed by atoms with E-state index in [0.717, 1.165) is 12.1 Å². The van der Waals surface area contributed by atoms with Gasteiger partial charge in [0.05, 0.1) is 17.1 Å². The maximum Gasteiger partial charge on any atom is 0.262 e. The van der Waals surface area contributed by atoms with E-state index in [9.17, 15) is 17.6 Å². The molecule has 1 aliphatic heterocycles. The number of amides is 1. The van der Waals surface area contributed by atoms with Gasteiger partial charge >= 0.3 is 0 Å². The number of fused-ring (bicyclic) bond motifs is 1. The first-order valence-corrected chi connectivity index (χ1v) is 8.39. The molecule has 23 heavy (non-hydrogen) atoms. The summed E-state index contributed by atoms with van der Waals surface area (Å²) < 4.78 is 45.7. The van der Waals surface area contributed by atoms with Crippen LogP contribution in [0.1, 0.15) is 5.56 Å². The number of carbonyl (C=O) groups is 1. The molecule has 8 heteroatoms. The number of hydrogen-bond donors (Lipinski definition) is 2. The van der Waals surface area contributed by atoms with Crippen molar-refractivity contribution in [2.75, 3.05) is 16.6 Å². The van der Waals surface area contributed by atoms with Crippen molar-refractivity contribution in [3.8, 4) is 5.75 Å². The van der Waals surface area contributed by atoms with Gasteiger partial charge in [0.2, 0.25) is 10.0 Å². The Labute approximate surface area is 132 Å². The van der Waals surface area contributed by atoms with Crippen LogP contribution in [0, 0.1) is 5.82 Å². The van der Waals surface area contributed by atoms with Crippen molar-refractivity contribution in [2.24, 2.45) is 0 Å². The van der Waals surface area contributed by atoms with Crippen molar-refractivity contribution in [1.82, 2.24) is 0 Å². The Hall–Kier alpha value is -2.61. The molecule has 0 aromatic heterocycles. The molecule has 0 aliphatic carbocycles. The molecule has 0 saturated carbocycles. The lowest BCUT2D eigenvalue weighted by Gasteiger charge is -2.21. The normalized spacial score (nSPS) is 13.7. The van der Waals surface area contributed by atoms with E-state index in [1.165, 1.54) is 0 Å². The number of anilines is 2. The Balaban J connectivity index is 1.89. The van der Waals surface area contributed by atoms with Gasteiger partial charge in [-0.15, -0.1) is 0 Å². The first kappa shape index (κ1) is 15.3. The van der Waals surface area contributed by atoms with Crippen molar-refractivity contribution in [3.63, 3.8) is 0 Å². The Morgan fingerprint density at radius 3 is 2.70 bits per heavy atom. The van der Waals surface area contributed by atoms with Crippen LogP contribution in [0.5, 0.6) is 5.75 Å². The summed E-state index contributed by atoms with van der Waals surface area (Å²) in [6, 6.07) is 10.7. The number of carbonyl (C=O) groups excluding carboxylic acids is 1. The zero-order valence-corrected chi connectivity index (χ0v) is 12.7. The molecule has 6 nitrogen and oxygen atoms in total. The van der Waals surface area contributed by atoms with E-state index in [4.69, 9.17) is 4.74 Å². The number of benzene rings is 2. The molecule has 0 unspecified atom stereocenters. The van der Waals surface area contributed by atoms with Crippen molar-refractivity contribution < 1.29 is 22.3 Å². The third kappa shape index (κ3) is 3.59. The summed E-state index contributed by atoms with van der Waals surface area (Å²) in [5.41, 5.74) is 0.647. The van der Waals surface area contributed by atoms with E-state index in [2.05, 4.69) is 10.0 Å². The van der Waals surface area contributed by atoms with Gasteiger partial charge in [-0.05, 0) is 5.56 Å². The highest BCUT2D eigenvalue weighted by Crippen LogP contribution is 2.37. The van der Waals surface area contributed by atoms with Gasteiger partial charge in [-0.2, -0.15) is 0 Å². The third-order valence-corrected chi connectivity index (χ3v) is 4.38. The summed E-state index contributed by atoms with van der Waals surface area (Å²) in [5, 5.41) is 2.44. The van der Waals surface area contributed by atoms with E-state index in [1.54, 1.807) is 30.3 Å². The molecule has 2 N–H and O–H groups in total.